The van der Waals surface area contributed by atoms with Crippen molar-refractivity contribution in [3.05, 3.63) is 75.9 Å². The zero-order valence-electron chi connectivity index (χ0n) is 13.7. The number of rotatable bonds is 7. The SMILES string of the molecule is O=C([O-])CCNC(=O)/C(=C\c1ccc(Br)cc1)NC(=O)c1ccccc1. The van der Waals surface area contributed by atoms with Gasteiger partial charge < -0.3 is 20.5 Å². The topological polar surface area (TPSA) is 98.3 Å². The van der Waals surface area contributed by atoms with Gasteiger partial charge in [-0.15, -0.1) is 0 Å². The molecule has 0 spiro atoms. The molecule has 2 aromatic carbocycles. The molecule has 0 aliphatic rings. The lowest BCUT2D eigenvalue weighted by molar-refractivity contribution is -0.305. The van der Waals surface area contributed by atoms with Crippen molar-refractivity contribution in [1.29, 1.82) is 0 Å². The van der Waals surface area contributed by atoms with Crippen LogP contribution in [0, 0.1) is 0 Å². The van der Waals surface area contributed by atoms with Crippen LogP contribution < -0.4 is 15.7 Å². The summed E-state index contributed by atoms with van der Waals surface area (Å²) in [5, 5.41) is 15.5. The first kappa shape index (κ1) is 19.4. The largest absolute Gasteiger partial charge is 0.550 e. The molecular formula is C19H16BrN2O4-. The van der Waals surface area contributed by atoms with Gasteiger partial charge >= 0.3 is 0 Å². The van der Waals surface area contributed by atoms with Gasteiger partial charge in [0.1, 0.15) is 5.70 Å². The molecule has 2 amide bonds. The lowest BCUT2D eigenvalue weighted by Crippen LogP contribution is -2.37. The second-order valence-corrected chi connectivity index (χ2v) is 6.22. The predicted octanol–water partition coefficient (Wildman–Crippen LogP) is 1.48. The zero-order chi connectivity index (χ0) is 18.9. The minimum absolute atomic E-state index is 0.0134. The number of carboxylic acid groups (broad SMARTS) is 1. The number of carbonyl (C=O) groups excluding carboxylic acids is 3. The molecule has 2 N–H and O–H groups in total. The van der Waals surface area contributed by atoms with Gasteiger partial charge in [0.2, 0.25) is 0 Å². The van der Waals surface area contributed by atoms with Crippen LogP contribution in [0.15, 0.2) is 64.8 Å². The van der Waals surface area contributed by atoms with Crippen molar-refractivity contribution in [3.8, 4) is 0 Å². The van der Waals surface area contributed by atoms with Crippen molar-refractivity contribution in [3.63, 3.8) is 0 Å². The number of hydrogen-bond donors (Lipinski definition) is 2. The molecule has 0 saturated carbocycles. The van der Waals surface area contributed by atoms with E-state index < -0.39 is 17.8 Å². The molecule has 0 heterocycles. The number of hydrogen-bond acceptors (Lipinski definition) is 4. The standard InChI is InChI=1S/C19H17BrN2O4/c20-15-8-6-13(7-9-15)12-16(19(26)21-11-10-17(23)24)22-18(25)14-4-2-1-3-5-14/h1-9,12H,10-11H2,(H,21,26)(H,22,25)(H,23,24)/p-1/b16-12+. The first-order valence-corrected chi connectivity index (χ1v) is 8.56. The van der Waals surface area contributed by atoms with Crippen molar-refractivity contribution in [2.45, 2.75) is 6.42 Å². The Kier molecular flexibility index (Phi) is 7.11. The fourth-order valence-electron chi connectivity index (χ4n) is 2.04. The molecule has 0 radical (unpaired) electrons. The quantitative estimate of drug-likeness (QED) is 0.668. The molecule has 0 aliphatic carbocycles. The number of benzene rings is 2. The number of carboxylic acids is 1. The van der Waals surface area contributed by atoms with Gasteiger partial charge in [0, 0.05) is 29.0 Å². The Morgan fingerprint density at radius 2 is 1.65 bits per heavy atom. The van der Waals surface area contributed by atoms with Crippen molar-refractivity contribution < 1.29 is 19.5 Å². The smallest absolute Gasteiger partial charge is 0.267 e. The highest BCUT2D eigenvalue weighted by Gasteiger charge is 2.14. The van der Waals surface area contributed by atoms with Crippen LogP contribution in [-0.2, 0) is 9.59 Å². The van der Waals surface area contributed by atoms with Crippen LogP contribution in [-0.4, -0.2) is 24.3 Å². The van der Waals surface area contributed by atoms with Gasteiger partial charge in [-0.25, -0.2) is 0 Å². The van der Waals surface area contributed by atoms with Gasteiger partial charge in [0.05, 0.1) is 0 Å². The molecule has 26 heavy (non-hydrogen) atoms. The Labute approximate surface area is 159 Å². The van der Waals surface area contributed by atoms with E-state index >= 15 is 0 Å². The fourth-order valence-corrected chi connectivity index (χ4v) is 2.31. The fraction of sp³-hybridized carbons (Fsp3) is 0.105. The Balaban J connectivity index is 2.20. The summed E-state index contributed by atoms with van der Waals surface area (Å²) in [5.74, 6) is -2.29. The van der Waals surface area contributed by atoms with Crippen LogP contribution in [0.4, 0.5) is 0 Å². The van der Waals surface area contributed by atoms with Crippen LogP contribution in [0.5, 0.6) is 0 Å². The Bertz CT molecular complexity index is 817. The second kappa shape index (κ2) is 9.53. The monoisotopic (exact) mass is 415 g/mol. The van der Waals surface area contributed by atoms with Crippen molar-refractivity contribution in [2.24, 2.45) is 0 Å². The number of aliphatic carboxylic acids is 1. The summed E-state index contributed by atoms with van der Waals surface area (Å²) in [6, 6.07) is 15.6. The lowest BCUT2D eigenvalue weighted by atomic mass is 10.1. The van der Waals surface area contributed by atoms with E-state index in [0.29, 0.717) is 11.1 Å². The van der Waals surface area contributed by atoms with E-state index in [1.807, 2.05) is 0 Å². The Hall–Kier alpha value is -2.93. The number of amides is 2. The van der Waals surface area contributed by atoms with Crippen LogP contribution >= 0.6 is 15.9 Å². The molecule has 0 bridgehead atoms. The van der Waals surface area contributed by atoms with Gasteiger partial charge in [-0.2, -0.15) is 0 Å². The van der Waals surface area contributed by atoms with E-state index in [9.17, 15) is 19.5 Å². The van der Waals surface area contributed by atoms with Crippen LogP contribution in [0.1, 0.15) is 22.3 Å². The van der Waals surface area contributed by atoms with Gasteiger partial charge in [-0.1, -0.05) is 46.3 Å². The summed E-state index contributed by atoms with van der Waals surface area (Å²) < 4.78 is 0.878. The second-order valence-electron chi connectivity index (χ2n) is 5.31. The molecular weight excluding hydrogens is 400 g/mol. The third kappa shape index (κ3) is 6.18. The summed E-state index contributed by atoms with van der Waals surface area (Å²) in [5.41, 5.74) is 1.11. The molecule has 7 heteroatoms. The third-order valence-corrected chi connectivity index (χ3v) is 3.85. The molecule has 134 valence electrons. The van der Waals surface area contributed by atoms with E-state index in [1.165, 1.54) is 6.08 Å². The van der Waals surface area contributed by atoms with Gasteiger partial charge in [-0.05, 0) is 35.9 Å². The Morgan fingerprint density at radius 3 is 2.27 bits per heavy atom. The summed E-state index contributed by atoms with van der Waals surface area (Å²) in [6.07, 6.45) is 1.20. The average Bonchev–Trinajstić information content (AvgIpc) is 2.63. The summed E-state index contributed by atoms with van der Waals surface area (Å²) in [7, 11) is 0. The predicted molar refractivity (Wildman–Crippen MR) is 98.7 cm³/mol. The van der Waals surface area contributed by atoms with Crippen molar-refractivity contribution >= 4 is 39.8 Å². The molecule has 2 aromatic rings. The molecule has 0 fully saturated rings. The number of halogens is 1. The number of carbonyl (C=O) groups is 3. The molecule has 2 rings (SSSR count). The third-order valence-electron chi connectivity index (χ3n) is 3.32. The van der Waals surface area contributed by atoms with Gasteiger partial charge in [-0.3, -0.25) is 9.59 Å². The highest BCUT2D eigenvalue weighted by molar-refractivity contribution is 9.10. The minimum Gasteiger partial charge on any atom is -0.550 e. The minimum atomic E-state index is -1.27. The normalized spacial score (nSPS) is 10.9. The first-order valence-electron chi connectivity index (χ1n) is 7.77. The highest BCUT2D eigenvalue weighted by atomic mass is 79.9. The molecule has 0 atom stereocenters. The maximum Gasteiger partial charge on any atom is 0.267 e. The molecule has 0 aliphatic heterocycles. The number of nitrogens with one attached hydrogen (secondary N) is 2. The van der Waals surface area contributed by atoms with E-state index in [0.717, 1.165) is 4.47 Å². The maximum absolute atomic E-state index is 12.3. The molecule has 6 nitrogen and oxygen atoms in total. The molecule has 0 saturated heterocycles. The van der Waals surface area contributed by atoms with Crippen molar-refractivity contribution in [1.82, 2.24) is 10.6 Å². The van der Waals surface area contributed by atoms with E-state index in [4.69, 9.17) is 0 Å². The summed E-state index contributed by atoms with van der Waals surface area (Å²) in [6.45, 7) is -0.0972. The van der Waals surface area contributed by atoms with E-state index in [2.05, 4.69) is 26.6 Å². The first-order chi connectivity index (χ1) is 12.5. The zero-order valence-corrected chi connectivity index (χ0v) is 15.3. The summed E-state index contributed by atoms with van der Waals surface area (Å²) >= 11 is 3.33. The Morgan fingerprint density at radius 1 is 1.00 bits per heavy atom. The van der Waals surface area contributed by atoms with Gasteiger partial charge in [0.25, 0.3) is 11.8 Å². The molecule has 0 unspecified atom stereocenters. The van der Waals surface area contributed by atoms with Crippen LogP contribution in [0.2, 0.25) is 0 Å². The lowest BCUT2D eigenvalue weighted by Gasteiger charge is -2.11. The van der Waals surface area contributed by atoms with E-state index in [-0.39, 0.29) is 18.7 Å². The van der Waals surface area contributed by atoms with E-state index in [1.54, 1.807) is 54.6 Å². The average molecular weight is 416 g/mol. The maximum atomic E-state index is 12.3. The van der Waals surface area contributed by atoms with Crippen LogP contribution in [0.3, 0.4) is 0 Å². The van der Waals surface area contributed by atoms with Crippen LogP contribution in [0.25, 0.3) is 6.08 Å². The van der Waals surface area contributed by atoms with Crippen molar-refractivity contribution in [2.75, 3.05) is 6.54 Å². The highest BCUT2D eigenvalue weighted by Crippen LogP contribution is 2.13. The molecule has 0 aromatic heterocycles. The van der Waals surface area contributed by atoms with Gasteiger partial charge in [0.15, 0.2) is 0 Å². The summed E-state index contributed by atoms with van der Waals surface area (Å²) in [4.78, 5) is 35.2.